The maximum Gasteiger partial charge on any atom is 0.0615 e. The number of nitrogens with two attached hydrogens (primary N) is 1. The normalized spacial score (nSPS) is 14.7. The van der Waals surface area contributed by atoms with E-state index < -0.39 is 0 Å². The molecule has 0 aromatic carbocycles. The van der Waals surface area contributed by atoms with E-state index in [4.69, 9.17) is 15.2 Å². The Morgan fingerprint density at radius 1 is 1.05 bits per heavy atom. The third-order valence-corrected chi connectivity index (χ3v) is 3.91. The zero-order valence-corrected chi connectivity index (χ0v) is 14.1. The first-order valence-electron chi connectivity index (χ1n) is 8.14. The molecular formula is C16H36N2O2. The van der Waals surface area contributed by atoms with E-state index in [1.165, 1.54) is 38.5 Å². The Morgan fingerprint density at radius 3 is 2.30 bits per heavy atom. The Labute approximate surface area is 126 Å². The second-order valence-corrected chi connectivity index (χ2v) is 5.63. The van der Waals surface area contributed by atoms with Crippen molar-refractivity contribution in [2.45, 2.75) is 64.5 Å². The summed E-state index contributed by atoms with van der Waals surface area (Å²) >= 11 is 0. The van der Waals surface area contributed by atoms with Crippen LogP contribution in [0.5, 0.6) is 0 Å². The van der Waals surface area contributed by atoms with Crippen molar-refractivity contribution < 1.29 is 9.47 Å². The van der Waals surface area contributed by atoms with Crippen molar-refractivity contribution in [2.75, 3.05) is 40.5 Å². The highest BCUT2D eigenvalue weighted by Gasteiger charge is 2.21. The van der Waals surface area contributed by atoms with Crippen LogP contribution in [0.1, 0.15) is 52.4 Å². The average Bonchev–Trinajstić information content (AvgIpc) is 2.45. The predicted octanol–water partition coefficient (Wildman–Crippen LogP) is 2.66. The lowest BCUT2D eigenvalue weighted by atomic mass is 10.0. The van der Waals surface area contributed by atoms with Crippen molar-refractivity contribution in [3.63, 3.8) is 0 Å². The molecule has 122 valence electrons. The van der Waals surface area contributed by atoms with Crippen molar-refractivity contribution in [1.82, 2.24) is 4.90 Å². The van der Waals surface area contributed by atoms with Gasteiger partial charge in [-0.05, 0) is 13.3 Å². The standard InChI is InChI=1S/C16H36N2O2/c1-5-6-7-8-9-10-16(13-17)18(11-12-19-3)15(2)14-20-4/h15-16H,5-14,17H2,1-4H3. The van der Waals surface area contributed by atoms with E-state index >= 15 is 0 Å². The molecule has 2 unspecified atom stereocenters. The second kappa shape index (κ2) is 13.8. The Morgan fingerprint density at radius 2 is 1.75 bits per heavy atom. The maximum absolute atomic E-state index is 6.00. The summed E-state index contributed by atoms with van der Waals surface area (Å²) in [7, 11) is 3.51. The minimum Gasteiger partial charge on any atom is -0.383 e. The summed E-state index contributed by atoms with van der Waals surface area (Å²) in [6, 6.07) is 0.830. The lowest BCUT2D eigenvalue weighted by molar-refractivity contribution is 0.0458. The van der Waals surface area contributed by atoms with Gasteiger partial charge in [0.15, 0.2) is 0 Å². The van der Waals surface area contributed by atoms with E-state index in [1.807, 2.05) is 0 Å². The highest BCUT2D eigenvalue weighted by atomic mass is 16.5. The van der Waals surface area contributed by atoms with E-state index in [2.05, 4.69) is 18.7 Å². The molecule has 0 radical (unpaired) electrons. The summed E-state index contributed by atoms with van der Waals surface area (Å²) in [6.07, 6.45) is 7.76. The minimum absolute atomic E-state index is 0.388. The third-order valence-electron chi connectivity index (χ3n) is 3.91. The molecule has 2 atom stereocenters. The molecule has 0 heterocycles. The molecule has 0 bridgehead atoms. The third kappa shape index (κ3) is 8.90. The monoisotopic (exact) mass is 288 g/mol. The molecule has 0 rings (SSSR count). The van der Waals surface area contributed by atoms with Crippen LogP contribution in [0, 0.1) is 0 Å². The van der Waals surface area contributed by atoms with Crippen LogP contribution in [0.2, 0.25) is 0 Å². The predicted molar refractivity (Wildman–Crippen MR) is 86.1 cm³/mol. The molecule has 20 heavy (non-hydrogen) atoms. The number of rotatable bonds is 14. The molecule has 0 aromatic heterocycles. The Balaban J connectivity index is 4.24. The molecule has 0 aliphatic heterocycles. The molecule has 0 fully saturated rings. The number of hydrogen-bond donors (Lipinski definition) is 1. The van der Waals surface area contributed by atoms with Gasteiger partial charge in [-0.15, -0.1) is 0 Å². The number of hydrogen-bond acceptors (Lipinski definition) is 4. The smallest absolute Gasteiger partial charge is 0.0615 e. The zero-order valence-electron chi connectivity index (χ0n) is 14.1. The number of ether oxygens (including phenoxy) is 2. The van der Waals surface area contributed by atoms with Crippen molar-refractivity contribution in [1.29, 1.82) is 0 Å². The average molecular weight is 288 g/mol. The lowest BCUT2D eigenvalue weighted by Crippen LogP contribution is -2.48. The van der Waals surface area contributed by atoms with Gasteiger partial charge in [0.2, 0.25) is 0 Å². The number of methoxy groups -OCH3 is 2. The van der Waals surface area contributed by atoms with Gasteiger partial charge in [-0.1, -0.05) is 39.0 Å². The zero-order chi connectivity index (χ0) is 15.2. The summed E-state index contributed by atoms with van der Waals surface area (Å²) < 4.78 is 10.5. The van der Waals surface area contributed by atoms with E-state index in [-0.39, 0.29) is 0 Å². The highest BCUT2D eigenvalue weighted by molar-refractivity contribution is 4.77. The first-order valence-corrected chi connectivity index (χ1v) is 8.14. The molecule has 0 aromatic rings. The van der Waals surface area contributed by atoms with Gasteiger partial charge in [-0.2, -0.15) is 0 Å². The summed E-state index contributed by atoms with van der Waals surface area (Å²) in [4.78, 5) is 2.45. The molecule has 2 N–H and O–H groups in total. The highest BCUT2D eigenvalue weighted by Crippen LogP contribution is 2.14. The Kier molecular flexibility index (Phi) is 13.7. The molecule has 0 saturated heterocycles. The number of unbranched alkanes of at least 4 members (excludes halogenated alkanes) is 4. The quantitative estimate of drug-likeness (QED) is 0.499. The Hall–Kier alpha value is -0.160. The number of nitrogens with zero attached hydrogens (tertiary/aromatic N) is 1. The second-order valence-electron chi connectivity index (χ2n) is 5.63. The fourth-order valence-electron chi connectivity index (χ4n) is 2.70. The van der Waals surface area contributed by atoms with Gasteiger partial charge in [0, 0.05) is 39.4 Å². The van der Waals surface area contributed by atoms with Crippen LogP contribution in [-0.2, 0) is 9.47 Å². The molecule has 4 heteroatoms. The van der Waals surface area contributed by atoms with Gasteiger partial charge in [0.25, 0.3) is 0 Å². The largest absolute Gasteiger partial charge is 0.383 e. The molecule has 0 saturated carbocycles. The SMILES string of the molecule is CCCCCCCC(CN)N(CCOC)C(C)COC. The van der Waals surface area contributed by atoms with Crippen LogP contribution in [0.15, 0.2) is 0 Å². The van der Waals surface area contributed by atoms with Crippen LogP contribution in [0.3, 0.4) is 0 Å². The van der Waals surface area contributed by atoms with E-state index in [9.17, 15) is 0 Å². The van der Waals surface area contributed by atoms with Gasteiger partial charge in [0.1, 0.15) is 0 Å². The van der Waals surface area contributed by atoms with Gasteiger partial charge < -0.3 is 15.2 Å². The molecule has 4 nitrogen and oxygen atoms in total. The molecule has 0 aliphatic rings. The first-order chi connectivity index (χ1) is 9.71. The fourth-order valence-corrected chi connectivity index (χ4v) is 2.70. The van der Waals surface area contributed by atoms with Crippen molar-refractivity contribution in [2.24, 2.45) is 5.73 Å². The summed E-state index contributed by atoms with van der Waals surface area (Å²) in [5.41, 5.74) is 6.00. The van der Waals surface area contributed by atoms with Gasteiger partial charge in [-0.25, -0.2) is 0 Å². The lowest BCUT2D eigenvalue weighted by Gasteiger charge is -2.35. The van der Waals surface area contributed by atoms with Crippen LogP contribution in [0.4, 0.5) is 0 Å². The Bertz CT molecular complexity index is 203. The van der Waals surface area contributed by atoms with Crippen molar-refractivity contribution in [3.05, 3.63) is 0 Å². The summed E-state index contributed by atoms with van der Waals surface area (Å²) in [6.45, 7) is 7.60. The van der Waals surface area contributed by atoms with E-state index in [0.29, 0.717) is 18.6 Å². The van der Waals surface area contributed by atoms with Crippen molar-refractivity contribution >= 4 is 0 Å². The summed E-state index contributed by atoms with van der Waals surface area (Å²) in [5.74, 6) is 0. The van der Waals surface area contributed by atoms with Crippen LogP contribution in [-0.4, -0.2) is 57.5 Å². The summed E-state index contributed by atoms with van der Waals surface area (Å²) in [5, 5.41) is 0. The molecule has 0 spiro atoms. The molecule has 0 amide bonds. The minimum atomic E-state index is 0.388. The van der Waals surface area contributed by atoms with E-state index in [1.54, 1.807) is 14.2 Å². The van der Waals surface area contributed by atoms with E-state index in [0.717, 1.165) is 19.8 Å². The molecule has 0 aliphatic carbocycles. The van der Waals surface area contributed by atoms with Crippen LogP contribution >= 0.6 is 0 Å². The van der Waals surface area contributed by atoms with Crippen molar-refractivity contribution in [3.8, 4) is 0 Å². The maximum atomic E-state index is 6.00. The molecular weight excluding hydrogens is 252 g/mol. The van der Waals surface area contributed by atoms with Gasteiger partial charge in [0.05, 0.1) is 13.2 Å². The van der Waals surface area contributed by atoms with Crippen LogP contribution < -0.4 is 5.73 Å². The first kappa shape index (κ1) is 19.8. The topological polar surface area (TPSA) is 47.7 Å². The van der Waals surface area contributed by atoms with Gasteiger partial charge >= 0.3 is 0 Å². The van der Waals surface area contributed by atoms with Gasteiger partial charge in [-0.3, -0.25) is 4.90 Å². The fraction of sp³-hybridized carbons (Fsp3) is 1.00. The van der Waals surface area contributed by atoms with Crippen LogP contribution in [0.25, 0.3) is 0 Å².